The van der Waals surface area contributed by atoms with Crippen LogP contribution in [0.15, 0.2) is 30.1 Å². The predicted molar refractivity (Wildman–Crippen MR) is 126 cm³/mol. The molecule has 2 heterocycles. The van der Waals surface area contributed by atoms with Gasteiger partial charge >= 0.3 is 12.1 Å². The molecule has 1 aromatic heterocycles. The van der Waals surface area contributed by atoms with Crippen LogP contribution in [-0.4, -0.2) is 41.9 Å². The number of carbonyl (C=O) groups excluding carboxylic acids is 2. The van der Waals surface area contributed by atoms with Gasteiger partial charge in [-0.15, -0.1) is 0 Å². The van der Waals surface area contributed by atoms with E-state index in [9.17, 15) is 27.2 Å². The lowest BCUT2D eigenvalue weighted by Gasteiger charge is -2.27. The first kappa shape index (κ1) is 26.0. The van der Waals surface area contributed by atoms with Gasteiger partial charge in [0.2, 0.25) is 5.91 Å². The van der Waals surface area contributed by atoms with Gasteiger partial charge in [-0.25, -0.2) is 9.18 Å². The van der Waals surface area contributed by atoms with Crippen LogP contribution >= 0.6 is 11.6 Å². The van der Waals surface area contributed by atoms with Gasteiger partial charge in [-0.1, -0.05) is 24.4 Å². The minimum absolute atomic E-state index is 0.0218. The number of anilines is 2. The Balaban J connectivity index is 1.65. The first-order valence-electron chi connectivity index (χ1n) is 11.4. The molecule has 1 aromatic carbocycles. The SMILES string of the molecule is COC(=O)c1cc(N2CCC=C(F)C2)ccc1NC(=O)[C@H](CC1CC1)n1nc(C(F)(F)F)c(Cl)c1C. The highest BCUT2D eigenvalue weighted by Gasteiger charge is 2.41. The van der Waals surface area contributed by atoms with Crippen molar-refractivity contribution in [3.05, 3.63) is 52.1 Å². The molecule has 0 spiro atoms. The van der Waals surface area contributed by atoms with E-state index in [0.29, 0.717) is 18.7 Å². The molecule has 0 bridgehead atoms. The summed E-state index contributed by atoms with van der Waals surface area (Å²) in [5.41, 5.74) is -0.507. The molecular formula is C24H25ClF4N4O3. The van der Waals surface area contributed by atoms with E-state index in [1.165, 1.54) is 32.2 Å². The minimum Gasteiger partial charge on any atom is -0.465 e. The van der Waals surface area contributed by atoms with Crippen molar-refractivity contribution in [2.45, 2.75) is 44.8 Å². The van der Waals surface area contributed by atoms with Crippen molar-refractivity contribution in [2.24, 2.45) is 5.92 Å². The van der Waals surface area contributed by atoms with Crippen LogP contribution < -0.4 is 10.2 Å². The van der Waals surface area contributed by atoms with E-state index >= 15 is 0 Å². The first-order chi connectivity index (χ1) is 17.0. The maximum atomic E-state index is 13.8. The fourth-order valence-corrected chi connectivity index (χ4v) is 4.46. The van der Waals surface area contributed by atoms with Gasteiger partial charge in [0.1, 0.15) is 11.9 Å². The van der Waals surface area contributed by atoms with Gasteiger partial charge in [-0.2, -0.15) is 18.3 Å². The van der Waals surface area contributed by atoms with Crippen LogP contribution in [-0.2, 0) is 15.7 Å². The number of benzene rings is 1. The summed E-state index contributed by atoms with van der Waals surface area (Å²) in [5.74, 6) is -1.48. The highest BCUT2D eigenvalue weighted by Crippen LogP contribution is 2.41. The van der Waals surface area contributed by atoms with Gasteiger partial charge in [0.05, 0.1) is 35.6 Å². The largest absolute Gasteiger partial charge is 0.465 e. The summed E-state index contributed by atoms with van der Waals surface area (Å²) in [7, 11) is 1.19. The van der Waals surface area contributed by atoms with Gasteiger partial charge < -0.3 is 15.0 Å². The lowest BCUT2D eigenvalue weighted by molar-refractivity contribution is -0.141. The number of hydrogen-bond donors (Lipinski definition) is 1. The molecule has 36 heavy (non-hydrogen) atoms. The molecule has 12 heteroatoms. The molecule has 4 rings (SSSR count). The van der Waals surface area contributed by atoms with Crippen LogP contribution in [0.4, 0.5) is 28.9 Å². The Labute approximate surface area is 210 Å². The van der Waals surface area contributed by atoms with Crippen molar-refractivity contribution in [1.29, 1.82) is 0 Å². The number of alkyl halides is 3. The van der Waals surface area contributed by atoms with E-state index in [-0.39, 0.29) is 41.7 Å². The van der Waals surface area contributed by atoms with Gasteiger partial charge in [-0.05, 0) is 50.0 Å². The molecule has 0 saturated heterocycles. The smallest absolute Gasteiger partial charge is 0.436 e. The number of amides is 1. The number of aromatic nitrogens is 2. The van der Waals surface area contributed by atoms with Crippen molar-refractivity contribution in [3.63, 3.8) is 0 Å². The highest BCUT2D eigenvalue weighted by atomic mass is 35.5. The second kappa shape index (κ2) is 10.1. The average molecular weight is 529 g/mol. The Morgan fingerprint density at radius 3 is 2.61 bits per heavy atom. The first-order valence-corrected chi connectivity index (χ1v) is 11.8. The number of nitrogens with zero attached hydrogens (tertiary/aromatic N) is 3. The van der Waals surface area contributed by atoms with Crippen LogP contribution in [0.3, 0.4) is 0 Å². The maximum Gasteiger partial charge on any atom is 0.436 e. The van der Waals surface area contributed by atoms with Gasteiger partial charge in [0, 0.05) is 12.2 Å². The lowest BCUT2D eigenvalue weighted by Crippen LogP contribution is -2.30. The number of carbonyl (C=O) groups is 2. The van der Waals surface area contributed by atoms with E-state index in [1.54, 1.807) is 11.0 Å². The van der Waals surface area contributed by atoms with Crippen molar-refractivity contribution in [2.75, 3.05) is 30.4 Å². The number of esters is 1. The molecule has 0 unspecified atom stereocenters. The standard InChI is InChI=1S/C24H25ClF4N4O3/c1-13-20(25)21(24(27,28)29)31-33(13)19(10-14-5-6-14)22(34)30-18-8-7-16(11-17(18)23(35)36-2)32-9-3-4-15(26)12-32/h4,7-8,11,14,19H,3,5-6,9-10,12H2,1-2H3,(H,30,34)/t19-/m0/s1. The Kier molecular flexibility index (Phi) is 7.31. The Bertz CT molecular complexity index is 1210. The third-order valence-corrected chi connectivity index (χ3v) is 6.79. The van der Waals surface area contributed by atoms with Gasteiger partial charge in [-0.3, -0.25) is 9.48 Å². The van der Waals surface area contributed by atoms with Crippen LogP contribution in [0, 0.1) is 12.8 Å². The fraction of sp³-hybridized carbons (Fsp3) is 0.458. The summed E-state index contributed by atoms with van der Waals surface area (Å²) in [6.45, 7) is 1.97. The van der Waals surface area contributed by atoms with E-state index in [4.69, 9.17) is 16.3 Å². The highest BCUT2D eigenvalue weighted by molar-refractivity contribution is 6.32. The van der Waals surface area contributed by atoms with Crippen molar-refractivity contribution in [3.8, 4) is 0 Å². The zero-order valence-electron chi connectivity index (χ0n) is 19.7. The summed E-state index contributed by atoms with van der Waals surface area (Å²) in [5, 5.41) is 5.75. The average Bonchev–Trinajstić information content (AvgIpc) is 3.60. The third kappa shape index (κ3) is 5.50. The fourth-order valence-electron chi connectivity index (χ4n) is 4.23. The van der Waals surface area contributed by atoms with Crippen LogP contribution in [0.2, 0.25) is 5.02 Å². The second-order valence-electron chi connectivity index (χ2n) is 8.96. The molecule has 194 valence electrons. The third-order valence-electron chi connectivity index (χ3n) is 6.34. The summed E-state index contributed by atoms with van der Waals surface area (Å²) in [6, 6.07) is 3.55. The molecule has 7 nitrogen and oxygen atoms in total. The Morgan fingerprint density at radius 1 is 1.31 bits per heavy atom. The molecule has 1 amide bonds. The van der Waals surface area contributed by atoms with E-state index in [1.807, 2.05) is 0 Å². The Hall–Kier alpha value is -3.08. The molecule has 1 N–H and O–H groups in total. The molecule has 0 radical (unpaired) electrons. The summed E-state index contributed by atoms with van der Waals surface area (Å²) >= 11 is 5.92. The monoisotopic (exact) mass is 528 g/mol. The predicted octanol–water partition coefficient (Wildman–Crippen LogP) is 5.69. The normalized spacial score (nSPS) is 17.0. The van der Waals surface area contributed by atoms with Crippen LogP contribution in [0.5, 0.6) is 0 Å². The molecular weight excluding hydrogens is 504 g/mol. The zero-order chi connectivity index (χ0) is 26.2. The maximum absolute atomic E-state index is 13.8. The van der Waals surface area contributed by atoms with Crippen molar-refractivity contribution >= 4 is 34.9 Å². The topological polar surface area (TPSA) is 76.5 Å². The zero-order valence-corrected chi connectivity index (χ0v) is 20.4. The number of rotatable bonds is 7. The molecule has 2 aromatic rings. The summed E-state index contributed by atoms with van der Waals surface area (Å²) in [4.78, 5) is 27.6. The minimum atomic E-state index is -4.77. The summed E-state index contributed by atoms with van der Waals surface area (Å²) in [6.07, 6.45) is -0.788. The number of nitrogens with one attached hydrogen (secondary N) is 1. The molecule has 1 aliphatic carbocycles. The van der Waals surface area contributed by atoms with E-state index in [2.05, 4.69) is 10.4 Å². The van der Waals surface area contributed by atoms with Crippen molar-refractivity contribution < 1.29 is 31.9 Å². The van der Waals surface area contributed by atoms with Crippen molar-refractivity contribution in [1.82, 2.24) is 9.78 Å². The molecule has 1 aliphatic heterocycles. The molecule has 2 aliphatic rings. The number of ether oxygens (including phenoxy) is 1. The second-order valence-corrected chi connectivity index (χ2v) is 9.34. The molecule has 1 saturated carbocycles. The van der Waals surface area contributed by atoms with Gasteiger partial charge in [0.15, 0.2) is 5.69 Å². The molecule has 1 atom stereocenters. The van der Waals surface area contributed by atoms with E-state index < -0.39 is 34.8 Å². The van der Waals surface area contributed by atoms with E-state index in [0.717, 1.165) is 17.5 Å². The van der Waals surface area contributed by atoms with Gasteiger partial charge in [0.25, 0.3) is 0 Å². The van der Waals surface area contributed by atoms with Crippen LogP contribution in [0.25, 0.3) is 0 Å². The number of methoxy groups -OCH3 is 1. The van der Waals surface area contributed by atoms with Crippen LogP contribution in [0.1, 0.15) is 53.5 Å². The quantitative estimate of drug-likeness (QED) is 0.369. The summed E-state index contributed by atoms with van der Waals surface area (Å²) < 4.78 is 59.8. The lowest BCUT2D eigenvalue weighted by atomic mass is 10.1. The molecule has 1 fully saturated rings. The number of halogens is 5. The number of hydrogen-bond acceptors (Lipinski definition) is 5. The Morgan fingerprint density at radius 2 is 2.03 bits per heavy atom.